The maximum absolute atomic E-state index is 5.88. The molecule has 0 bridgehead atoms. The Labute approximate surface area is 90.6 Å². The minimum atomic E-state index is -0.0694. The van der Waals surface area contributed by atoms with Gasteiger partial charge in [-0.15, -0.1) is 0 Å². The van der Waals surface area contributed by atoms with Crippen LogP contribution in [0.2, 0.25) is 0 Å². The Hall–Kier alpha value is -1.51. The van der Waals surface area contributed by atoms with E-state index in [1.165, 1.54) is 5.56 Å². The molecule has 15 heavy (non-hydrogen) atoms. The minimum absolute atomic E-state index is 0.0694. The van der Waals surface area contributed by atoms with Crippen molar-refractivity contribution in [1.82, 2.24) is 4.90 Å². The van der Waals surface area contributed by atoms with Crippen LogP contribution in [0, 0.1) is 0 Å². The van der Waals surface area contributed by atoms with Crippen LogP contribution in [0.4, 0.5) is 0 Å². The van der Waals surface area contributed by atoms with Gasteiger partial charge in [0.2, 0.25) is 0 Å². The number of nitrogens with zero attached hydrogens (tertiary/aromatic N) is 2. The van der Waals surface area contributed by atoms with Crippen LogP contribution in [-0.2, 0) is 5.54 Å². The van der Waals surface area contributed by atoms with E-state index in [0.29, 0.717) is 5.96 Å². The SMILES string of the molecule is CCN1C(N)=NCC1(C)c1ccccc1. The lowest BCUT2D eigenvalue weighted by Crippen LogP contribution is -2.47. The third-order valence-corrected chi connectivity index (χ3v) is 3.13. The summed E-state index contributed by atoms with van der Waals surface area (Å²) in [6, 6.07) is 10.4. The Balaban J connectivity index is 2.37. The van der Waals surface area contributed by atoms with Crippen LogP contribution in [0.1, 0.15) is 19.4 Å². The summed E-state index contributed by atoms with van der Waals surface area (Å²) in [6.45, 7) is 5.93. The monoisotopic (exact) mass is 203 g/mol. The first-order valence-corrected chi connectivity index (χ1v) is 5.31. The smallest absolute Gasteiger partial charge is 0.192 e. The molecule has 1 aromatic carbocycles. The van der Waals surface area contributed by atoms with E-state index in [-0.39, 0.29) is 5.54 Å². The quantitative estimate of drug-likeness (QED) is 0.792. The molecule has 3 heteroatoms. The number of hydrogen-bond donors (Lipinski definition) is 1. The van der Waals surface area contributed by atoms with Crippen LogP contribution in [0.15, 0.2) is 35.3 Å². The summed E-state index contributed by atoms with van der Waals surface area (Å²) < 4.78 is 0. The van der Waals surface area contributed by atoms with Gasteiger partial charge in [-0.1, -0.05) is 30.3 Å². The van der Waals surface area contributed by atoms with Crippen molar-refractivity contribution in [2.24, 2.45) is 10.7 Å². The lowest BCUT2D eigenvalue weighted by Gasteiger charge is -2.35. The predicted molar refractivity (Wildman–Crippen MR) is 62.7 cm³/mol. The largest absolute Gasteiger partial charge is 0.370 e. The van der Waals surface area contributed by atoms with Crippen LogP contribution >= 0.6 is 0 Å². The highest BCUT2D eigenvalue weighted by Crippen LogP contribution is 2.31. The van der Waals surface area contributed by atoms with Crippen molar-refractivity contribution < 1.29 is 0 Å². The van der Waals surface area contributed by atoms with Gasteiger partial charge in [-0.3, -0.25) is 4.99 Å². The van der Waals surface area contributed by atoms with Crippen LogP contribution in [0.25, 0.3) is 0 Å². The first kappa shape index (κ1) is 10.0. The molecular formula is C12H17N3. The Morgan fingerprint density at radius 3 is 2.67 bits per heavy atom. The van der Waals surface area contributed by atoms with E-state index in [1.807, 2.05) is 6.07 Å². The third kappa shape index (κ3) is 1.48. The van der Waals surface area contributed by atoms with Gasteiger partial charge in [0.1, 0.15) is 0 Å². The zero-order chi connectivity index (χ0) is 10.9. The molecule has 0 spiro atoms. The fourth-order valence-electron chi connectivity index (χ4n) is 2.21. The number of likely N-dealkylation sites (N-methyl/N-ethyl adjacent to an activating group) is 1. The molecule has 1 unspecified atom stereocenters. The summed E-state index contributed by atoms with van der Waals surface area (Å²) in [7, 11) is 0. The number of benzene rings is 1. The van der Waals surface area contributed by atoms with Gasteiger partial charge >= 0.3 is 0 Å². The molecule has 0 radical (unpaired) electrons. The van der Waals surface area contributed by atoms with E-state index in [9.17, 15) is 0 Å². The molecule has 2 N–H and O–H groups in total. The summed E-state index contributed by atoms with van der Waals surface area (Å²) in [4.78, 5) is 6.49. The second kappa shape index (κ2) is 3.57. The Morgan fingerprint density at radius 1 is 1.40 bits per heavy atom. The molecule has 1 aliphatic rings. The standard InChI is InChI=1S/C12H17N3/c1-3-15-11(13)14-9-12(15,2)10-7-5-4-6-8-10/h4-8H,3,9H2,1-2H3,(H2,13,14). The topological polar surface area (TPSA) is 41.6 Å². The van der Waals surface area contributed by atoms with Gasteiger partial charge in [-0.2, -0.15) is 0 Å². The molecule has 1 aromatic rings. The van der Waals surface area contributed by atoms with Crippen LogP contribution in [0.3, 0.4) is 0 Å². The van der Waals surface area contributed by atoms with Crippen molar-refractivity contribution >= 4 is 5.96 Å². The molecule has 0 aromatic heterocycles. The number of guanidine groups is 1. The maximum Gasteiger partial charge on any atom is 0.192 e. The first-order chi connectivity index (χ1) is 7.18. The predicted octanol–water partition coefficient (Wildman–Crippen LogP) is 1.55. The van der Waals surface area contributed by atoms with Crippen molar-refractivity contribution in [2.45, 2.75) is 19.4 Å². The highest BCUT2D eigenvalue weighted by molar-refractivity contribution is 5.81. The van der Waals surface area contributed by atoms with E-state index in [1.54, 1.807) is 0 Å². The molecular weight excluding hydrogens is 186 g/mol. The van der Waals surface area contributed by atoms with Gasteiger partial charge in [0.25, 0.3) is 0 Å². The van der Waals surface area contributed by atoms with Crippen molar-refractivity contribution in [2.75, 3.05) is 13.1 Å². The van der Waals surface area contributed by atoms with Gasteiger partial charge < -0.3 is 10.6 Å². The first-order valence-electron chi connectivity index (χ1n) is 5.31. The van der Waals surface area contributed by atoms with Crippen molar-refractivity contribution in [3.8, 4) is 0 Å². The van der Waals surface area contributed by atoms with E-state index < -0.39 is 0 Å². The van der Waals surface area contributed by atoms with Gasteiger partial charge in [0.15, 0.2) is 5.96 Å². The average Bonchev–Trinajstić information content (AvgIpc) is 2.57. The molecule has 0 fully saturated rings. The number of aliphatic imine (C=N–C) groups is 1. The zero-order valence-electron chi connectivity index (χ0n) is 9.27. The van der Waals surface area contributed by atoms with Crippen molar-refractivity contribution in [3.63, 3.8) is 0 Å². The molecule has 80 valence electrons. The average molecular weight is 203 g/mol. The molecule has 0 amide bonds. The van der Waals surface area contributed by atoms with Gasteiger partial charge in [0.05, 0.1) is 12.1 Å². The lowest BCUT2D eigenvalue weighted by atomic mass is 9.91. The van der Waals surface area contributed by atoms with Gasteiger partial charge in [0, 0.05) is 6.54 Å². The van der Waals surface area contributed by atoms with Crippen molar-refractivity contribution in [3.05, 3.63) is 35.9 Å². The molecule has 1 atom stereocenters. The van der Waals surface area contributed by atoms with E-state index in [2.05, 4.69) is 48.0 Å². The molecule has 0 aliphatic carbocycles. The second-order valence-electron chi connectivity index (χ2n) is 4.06. The number of nitrogens with two attached hydrogens (primary N) is 1. The minimum Gasteiger partial charge on any atom is -0.370 e. The normalized spacial score (nSPS) is 25.5. The molecule has 1 aliphatic heterocycles. The molecule has 2 rings (SSSR count). The molecule has 3 nitrogen and oxygen atoms in total. The van der Waals surface area contributed by atoms with E-state index >= 15 is 0 Å². The number of rotatable bonds is 2. The third-order valence-electron chi connectivity index (χ3n) is 3.13. The van der Waals surface area contributed by atoms with Crippen molar-refractivity contribution in [1.29, 1.82) is 0 Å². The fourth-order valence-corrected chi connectivity index (χ4v) is 2.21. The molecule has 0 saturated carbocycles. The highest BCUT2D eigenvalue weighted by Gasteiger charge is 2.38. The summed E-state index contributed by atoms with van der Waals surface area (Å²) in [5.74, 6) is 0.656. The lowest BCUT2D eigenvalue weighted by molar-refractivity contribution is 0.235. The van der Waals surface area contributed by atoms with Gasteiger partial charge in [-0.25, -0.2) is 0 Å². The van der Waals surface area contributed by atoms with Crippen LogP contribution < -0.4 is 5.73 Å². The highest BCUT2D eigenvalue weighted by atomic mass is 15.3. The van der Waals surface area contributed by atoms with Gasteiger partial charge in [-0.05, 0) is 19.4 Å². The summed E-state index contributed by atoms with van der Waals surface area (Å²) in [5, 5.41) is 0. The number of hydrogen-bond acceptors (Lipinski definition) is 3. The van der Waals surface area contributed by atoms with E-state index in [4.69, 9.17) is 5.73 Å². The summed E-state index contributed by atoms with van der Waals surface area (Å²) >= 11 is 0. The zero-order valence-corrected chi connectivity index (χ0v) is 9.27. The summed E-state index contributed by atoms with van der Waals surface area (Å²) in [6.07, 6.45) is 0. The Kier molecular flexibility index (Phi) is 2.39. The second-order valence-corrected chi connectivity index (χ2v) is 4.06. The Bertz CT molecular complexity index is 372. The molecule has 0 saturated heterocycles. The van der Waals surface area contributed by atoms with Crippen LogP contribution in [0.5, 0.6) is 0 Å². The van der Waals surface area contributed by atoms with E-state index in [0.717, 1.165) is 13.1 Å². The summed E-state index contributed by atoms with van der Waals surface area (Å²) in [5.41, 5.74) is 7.08. The maximum atomic E-state index is 5.88. The molecule has 1 heterocycles. The fraction of sp³-hybridized carbons (Fsp3) is 0.417. The Morgan fingerprint density at radius 2 is 2.07 bits per heavy atom. The van der Waals surface area contributed by atoms with Crippen LogP contribution in [-0.4, -0.2) is 23.9 Å².